The maximum atomic E-state index is 12.4. The van der Waals surface area contributed by atoms with Gasteiger partial charge in [-0.1, -0.05) is 17.7 Å². The third-order valence-corrected chi connectivity index (χ3v) is 7.23. The number of β-lactam (4-membered cyclic amide) rings is 1. The molecule has 30 heavy (non-hydrogen) atoms. The number of halogens is 1. The van der Waals surface area contributed by atoms with Crippen LogP contribution in [0.1, 0.15) is 5.69 Å². The summed E-state index contributed by atoms with van der Waals surface area (Å²) in [4.78, 5) is 41.5. The van der Waals surface area contributed by atoms with Crippen LogP contribution in [0.15, 0.2) is 34.3 Å². The molecule has 2 aliphatic heterocycles. The number of aromatic hydroxyl groups is 2. The molecule has 1 aromatic heterocycles. The van der Waals surface area contributed by atoms with E-state index in [1.165, 1.54) is 30.0 Å². The Morgan fingerprint density at radius 3 is 2.67 bits per heavy atom. The highest BCUT2D eigenvalue weighted by atomic mass is 35.5. The quantitative estimate of drug-likeness (QED) is 0.487. The van der Waals surface area contributed by atoms with Gasteiger partial charge in [-0.05, 0) is 12.1 Å². The first-order valence-corrected chi connectivity index (χ1v) is 10.9. The average Bonchev–Trinajstić information content (AvgIpc) is 3.13. The first-order chi connectivity index (χ1) is 14.3. The summed E-state index contributed by atoms with van der Waals surface area (Å²) in [6, 6.07) is 3.49. The summed E-state index contributed by atoms with van der Waals surface area (Å²) in [5.74, 6) is -2.29. The van der Waals surface area contributed by atoms with Crippen molar-refractivity contribution in [1.29, 1.82) is 0 Å². The number of nitrogens with one attached hydrogen (secondary N) is 1. The zero-order valence-corrected chi connectivity index (χ0v) is 17.4. The second-order valence-electron chi connectivity index (χ2n) is 6.51. The molecule has 2 aromatic rings. The minimum Gasteiger partial charge on any atom is -0.507 e. The topological polar surface area (TPSA) is 140 Å². The predicted molar refractivity (Wildman–Crippen MR) is 110 cm³/mol. The number of aromatic nitrogens is 1. The summed E-state index contributed by atoms with van der Waals surface area (Å²) in [5.41, 5.74) is 0.342. The van der Waals surface area contributed by atoms with E-state index >= 15 is 0 Å². The molecule has 0 unspecified atom stereocenters. The number of phenols is 2. The molecule has 1 aromatic carbocycles. The van der Waals surface area contributed by atoms with Gasteiger partial charge < -0.3 is 20.6 Å². The molecule has 1 fully saturated rings. The number of carbonyl (C=O) groups is 3. The third-order valence-electron chi connectivity index (χ3n) is 4.57. The molecular formula is C18H14ClN3O6S2. The van der Waals surface area contributed by atoms with Crippen molar-refractivity contribution >= 4 is 52.5 Å². The number of thiazole rings is 1. The van der Waals surface area contributed by atoms with Crippen molar-refractivity contribution < 1.29 is 29.7 Å². The van der Waals surface area contributed by atoms with Crippen LogP contribution in [-0.4, -0.2) is 60.2 Å². The number of carbonyl (C=O) groups excluding carboxylic acids is 2. The van der Waals surface area contributed by atoms with Gasteiger partial charge in [0, 0.05) is 11.1 Å². The number of carboxylic acid groups (broad SMARTS) is 1. The molecule has 0 radical (unpaired) electrons. The van der Waals surface area contributed by atoms with E-state index in [0.717, 1.165) is 16.2 Å². The lowest BCUT2D eigenvalue weighted by Crippen LogP contribution is -2.70. The van der Waals surface area contributed by atoms with Crippen LogP contribution in [-0.2, 0) is 20.8 Å². The molecule has 0 bridgehead atoms. The van der Waals surface area contributed by atoms with Gasteiger partial charge in [0.25, 0.3) is 5.91 Å². The minimum absolute atomic E-state index is 0.0873. The highest BCUT2D eigenvalue weighted by Gasteiger charge is 2.54. The van der Waals surface area contributed by atoms with Gasteiger partial charge >= 0.3 is 5.97 Å². The molecule has 2 atom stereocenters. The van der Waals surface area contributed by atoms with Crippen molar-refractivity contribution in [1.82, 2.24) is 15.2 Å². The van der Waals surface area contributed by atoms with Crippen LogP contribution in [0, 0.1) is 0 Å². The van der Waals surface area contributed by atoms with E-state index in [4.69, 9.17) is 11.6 Å². The number of hydrogen-bond acceptors (Lipinski definition) is 8. The average molecular weight is 468 g/mol. The largest absolute Gasteiger partial charge is 0.507 e. The van der Waals surface area contributed by atoms with Crippen molar-refractivity contribution in [2.75, 3.05) is 5.75 Å². The number of aliphatic carboxylic acids is 1. The summed E-state index contributed by atoms with van der Waals surface area (Å²) in [7, 11) is 0. The van der Waals surface area contributed by atoms with Crippen LogP contribution in [0.4, 0.5) is 0 Å². The normalized spacial score (nSPS) is 20.6. The van der Waals surface area contributed by atoms with E-state index in [-0.39, 0.29) is 40.0 Å². The second-order valence-corrected chi connectivity index (χ2v) is 8.93. The van der Waals surface area contributed by atoms with Crippen molar-refractivity contribution in [2.45, 2.75) is 17.8 Å². The molecule has 4 N–H and O–H groups in total. The Kier molecular flexibility index (Phi) is 5.35. The fourth-order valence-corrected chi connectivity index (χ4v) is 5.65. The molecule has 0 saturated carbocycles. The van der Waals surface area contributed by atoms with E-state index in [1.807, 2.05) is 0 Å². The number of thioether (sulfide) groups is 1. The number of carboxylic acids is 1. The smallest absolute Gasteiger partial charge is 0.353 e. The number of benzene rings is 1. The van der Waals surface area contributed by atoms with Gasteiger partial charge in [-0.15, -0.1) is 23.1 Å². The Labute approximate surface area is 183 Å². The Morgan fingerprint density at radius 1 is 1.30 bits per heavy atom. The Balaban J connectivity index is 1.43. The number of rotatable bonds is 5. The van der Waals surface area contributed by atoms with Gasteiger partial charge in [-0.25, -0.2) is 9.78 Å². The zero-order chi connectivity index (χ0) is 21.6. The fourth-order valence-electron chi connectivity index (χ4n) is 3.22. The molecule has 9 nitrogen and oxygen atoms in total. The van der Waals surface area contributed by atoms with Crippen LogP contribution in [0.25, 0.3) is 10.6 Å². The van der Waals surface area contributed by atoms with Crippen molar-refractivity contribution in [3.63, 3.8) is 0 Å². The summed E-state index contributed by atoms with van der Waals surface area (Å²) in [6.45, 7) is 0. The summed E-state index contributed by atoms with van der Waals surface area (Å²) in [6.07, 6.45) is -0.117. The Bertz CT molecular complexity index is 1080. The fraction of sp³-hybridized carbons (Fsp3) is 0.222. The minimum atomic E-state index is -1.29. The molecule has 156 valence electrons. The Hall–Kier alpha value is -2.76. The van der Waals surface area contributed by atoms with Gasteiger partial charge in [-0.2, -0.15) is 0 Å². The molecule has 3 heterocycles. The first kappa shape index (κ1) is 20.5. The third kappa shape index (κ3) is 3.48. The molecule has 2 amide bonds. The first-order valence-electron chi connectivity index (χ1n) is 8.59. The maximum absolute atomic E-state index is 12.4. The summed E-state index contributed by atoms with van der Waals surface area (Å²) in [5, 5.41) is 33.3. The zero-order valence-electron chi connectivity index (χ0n) is 15.0. The molecule has 0 aliphatic carbocycles. The van der Waals surface area contributed by atoms with Crippen LogP contribution >= 0.6 is 34.7 Å². The lowest BCUT2D eigenvalue weighted by Gasteiger charge is -2.48. The van der Waals surface area contributed by atoms with Crippen molar-refractivity contribution in [2.24, 2.45) is 0 Å². The van der Waals surface area contributed by atoms with Crippen LogP contribution in [0.2, 0.25) is 0 Å². The molecule has 4 rings (SSSR count). The van der Waals surface area contributed by atoms with Crippen LogP contribution in [0.3, 0.4) is 0 Å². The van der Waals surface area contributed by atoms with E-state index in [2.05, 4.69) is 10.3 Å². The van der Waals surface area contributed by atoms with E-state index in [0.29, 0.717) is 10.7 Å². The van der Waals surface area contributed by atoms with Crippen molar-refractivity contribution in [3.05, 3.63) is 40.0 Å². The van der Waals surface area contributed by atoms with E-state index < -0.39 is 29.2 Å². The number of nitrogens with zero attached hydrogens (tertiary/aromatic N) is 2. The van der Waals surface area contributed by atoms with Crippen LogP contribution < -0.4 is 5.32 Å². The standard InChI is InChI=1S/C18H14ClN3O6S2/c19-8-6-30-17-13(16(26)22(17)14(8)18(27)28)21-11(25)4-7-5-29-15(20-7)12-9(23)2-1-3-10(12)24/h1-3,5,13,17,23-24H,4,6H2,(H,21,25)(H,27,28)/t13-,17-/m1/s1. The number of fused-ring (bicyclic) bond motifs is 1. The predicted octanol–water partition coefficient (Wildman–Crippen LogP) is 1.70. The van der Waals surface area contributed by atoms with Gasteiger partial charge in [-0.3, -0.25) is 14.5 Å². The van der Waals surface area contributed by atoms with E-state index in [1.54, 1.807) is 5.38 Å². The number of amides is 2. The summed E-state index contributed by atoms with van der Waals surface area (Å²) < 4.78 is 0. The molecule has 0 spiro atoms. The van der Waals surface area contributed by atoms with Gasteiger partial charge in [0.2, 0.25) is 5.91 Å². The molecule has 1 saturated heterocycles. The van der Waals surface area contributed by atoms with E-state index in [9.17, 15) is 29.7 Å². The Morgan fingerprint density at radius 2 is 2.00 bits per heavy atom. The van der Waals surface area contributed by atoms with Crippen LogP contribution in [0.5, 0.6) is 11.5 Å². The van der Waals surface area contributed by atoms with Crippen molar-refractivity contribution in [3.8, 4) is 22.1 Å². The SMILES string of the molecule is O=C(Cc1csc(-c2c(O)cccc2O)n1)N[C@@H]1C(=O)N2C(C(=O)O)=C(Cl)CS[C@H]12. The highest BCUT2D eigenvalue weighted by molar-refractivity contribution is 8.00. The number of phenolic OH excluding ortho intramolecular Hbond substituents is 2. The second kappa shape index (κ2) is 7.82. The van der Waals surface area contributed by atoms with Gasteiger partial charge in [0.05, 0.1) is 22.7 Å². The maximum Gasteiger partial charge on any atom is 0.353 e. The summed E-state index contributed by atoms with van der Waals surface area (Å²) >= 11 is 8.36. The van der Waals surface area contributed by atoms with Gasteiger partial charge in [0.15, 0.2) is 0 Å². The number of hydrogen-bond donors (Lipinski definition) is 4. The molecule has 2 aliphatic rings. The molecule has 12 heteroatoms. The highest BCUT2D eigenvalue weighted by Crippen LogP contribution is 2.41. The lowest BCUT2D eigenvalue weighted by atomic mass is 10.0. The molecular weight excluding hydrogens is 454 g/mol. The lowest BCUT2D eigenvalue weighted by molar-refractivity contribution is -0.150. The van der Waals surface area contributed by atoms with Gasteiger partial charge in [0.1, 0.15) is 33.6 Å². The monoisotopic (exact) mass is 467 g/mol.